The molecule has 0 saturated carbocycles. The zero-order valence-corrected chi connectivity index (χ0v) is 10.7. The van der Waals surface area contributed by atoms with Crippen molar-refractivity contribution >= 4 is 9.84 Å². The maximum absolute atomic E-state index is 11.6. The van der Waals surface area contributed by atoms with Crippen molar-refractivity contribution in [2.24, 2.45) is 5.41 Å². The third kappa shape index (κ3) is 3.76. The first-order chi connectivity index (χ1) is 7.04. The molecule has 0 amide bonds. The van der Waals surface area contributed by atoms with Crippen molar-refractivity contribution < 1.29 is 8.42 Å². The predicted octanol–water partition coefficient (Wildman–Crippen LogP) is 1.59. The molecule has 1 rings (SSSR count). The van der Waals surface area contributed by atoms with Crippen LogP contribution in [0, 0.1) is 5.41 Å². The molecular formula is C11H23NO2S. The summed E-state index contributed by atoms with van der Waals surface area (Å²) in [6.07, 6.45) is 3.88. The summed E-state index contributed by atoms with van der Waals surface area (Å²) in [6.45, 7) is 6.09. The van der Waals surface area contributed by atoms with Crippen LogP contribution in [0.5, 0.6) is 0 Å². The summed E-state index contributed by atoms with van der Waals surface area (Å²) in [7, 11) is -2.79. The summed E-state index contributed by atoms with van der Waals surface area (Å²) in [4.78, 5) is 0. The van der Waals surface area contributed by atoms with Gasteiger partial charge in [0.25, 0.3) is 0 Å². The molecule has 0 radical (unpaired) electrons. The van der Waals surface area contributed by atoms with Gasteiger partial charge in [0.2, 0.25) is 0 Å². The molecule has 0 bridgehead atoms. The lowest BCUT2D eigenvalue weighted by atomic mass is 9.75. The van der Waals surface area contributed by atoms with E-state index in [9.17, 15) is 8.42 Å². The van der Waals surface area contributed by atoms with E-state index < -0.39 is 9.84 Å². The van der Waals surface area contributed by atoms with Gasteiger partial charge in [-0.25, -0.2) is 8.42 Å². The zero-order valence-electron chi connectivity index (χ0n) is 9.88. The first-order valence-electron chi connectivity index (χ1n) is 5.95. The minimum absolute atomic E-state index is 0.287. The monoisotopic (exact) mass is 233 g/mol. The third-order valence-corrected chi connectivity index (χ3v) is 5.10. The Balaban J connectivity index is 2.41. The van der Waals surface area contributed by atoms with Gasteiger partial charge < -0.3 is 5.32 Å². The Morgan fingerprint density at radius 1 is 1.07 bits per heavy atom. The van der Waals surface area contributed by atoms with E-state index in [4.69, 9.17) is 0 Å². The maximum Gasteiger partial charge on any atom is 0.150 e. The molecule has 1 aliphatic rings. The van der Waals surface area contributed by atoms with Crippen LogP contribution in [0.25, 0.3) is 0 Å². The fourth-order valence-electron chi connectivity index (χ4n) is 2.27. The summed E-state index contributed by atoms with van der Waals surface area (Å²) in [5.74, 6) is 0.727. The summed E-state index contributed by atoms with van der Waals surface area (Å²) in [6, 6.07) is 0. The van der Waals surface area contributed by atoms with E-state index in [0.717, 1.165) is 38.8 Å². The smallest absolute Gasteiger partial charge is 0.150 e. The quantitative estimate of drug-likeness (QED) is 0.726. The minimum atomic E-state index is -2.79. The topological polar surface area (TPSA) is 46.2 Å². The first-order valence-corrected chi connectivity index (χ1v) is 7.77. The van der Waals surface area contributed by atoms with Crippen molar-refractivity contribution in [3.8, 4) is 0 Å². The minimum Gasteiger partial charge on any atom is -0.316 e. The van der Waals surface area contributed by atoms with E-state index in [2.05, 4.69) is 12.2 Å². The van der Waals surface area contributed by atoms with Crippen LogP contribution >= 0.6 is 0 Å². The molecule has 0 unspecified atom stereocenters. The molecule has 90 valence electrons. The SMILES string of the molecule is CCCC1(CCS(=O)(=O)CCC)CNC1. The molecule has 4 heteroatoms. The van der Waals surface area contributed by atoms with E-state index in [0.29, 0.717) is 11.5 Å². The van der Waals surface area contributed by atoms with Crippen molar-refractivity contribution in [3.63, 3.8) is 0 Å². The van der Waals surface area contributed by atoms with Gasteiger partial charge in [0.1, 0.15) is 9.84 Å². The third-order valence-electron chi connectivity index (χ3n) is 3.24. The Hall–Kier alpha value is -0.0900. The fraction of sp³-hybridized carbons (Fsp3) is 1.00. The van der Waals surface area contributed by atoms with Gasteiger partial charge in [-0.3, -0.25) is 0 Å². The van der Waals surface area contributed by atoms with E-state index >= 15 is 0 Å². The number of rotatable bonds is 7. The largest absolute Gasteiger partial charge is 0.316 e. The van der Waals surface area contributed by atoms with Gasteiger partial charge in [0.05, 0.1) is 5.75 Å². The lowest BCUT2D eigenvalue weighted by Crippen LogP contribution is -2.54. The molecule has 1 fully saturated rings. The molecule has 0 atom stereocenters. The van der Waals surface area contributed by atoms with Crippen LogP contribution < -0.4 is 5.32 Å². The van der Waals surface area contributed by atoms with E-state index in [1.807, 2.05) is 6.92 Å². The number of nitrogens with one attached hydrogen (secondary N) is 1. The van der Waals surface area contributed by atoms with Crippen LogP contribution in [0.3, 0.4) is 0 Å². The van der Waals surface area contributed by atoms with Gasteiger partial charge in [0, 0.05) is 18.8 Å². The molecule has 0 aromatic carbocycles. The van der Waals surface area contributed by atoms with Gasteiger partial charge in [-0.1, -0.05) is 20.3 Å². The van der Waals surface area contributed by atoms with Gasteiger partial charge in [-0.15, -0.1) is 0 Å². The highest BCUT2D eigenvalue weighted by Crippen LogP contribution is 2.32. The Labute approximate surface area is 93.6 Å². The second-order valence-corrected chi connectivity index (χ2v) is 7.06. The molecular weight excluding hydrogens is 210 g/mol. The highest BCUT2D eigenvalue weighted by molar-refractivity contribution is 7.91. The Kier molecular flexibility index (Phi) is 4.59. The Morgan fingerprint density at radius 3 is 2.13 bits per heavy atom. The average Bonchev–Trinajstić information content (AvgIpc) is 2.09. The number of hydrogen-bond acceptors (Lipinski definition) is 3. The van der Waals surface area contributed by atoms with Gasteiger partial charge in [-0.2, -0.15) is 0 Å². The summed E-state index contributed by atoms with van der Waals surface area (Å²) in [5, 5.41) is 3.26. The molecule has 1 N–H and O–H groups in total. The Morgan fingerprint density at radius 2 is 1.73 bits per heavy atom. The highest BCUT2D eigenvalue weighted by atomic mass is 32.2. The average molecular weight is 233 g/mol. The number of hydrogen-bond donors (Lipinski definition) is 1. The maximum atomic E-state index is 11.6. The molecule has 0 aromatic heterocycles. The van der Waals surface area contributed by atoms with E-state index in [-0.39, 0.29) is 5.41 Å². The van der Waals surface area contributed by atoms with Gasteiger partial charge >= 0.3 is 0 Å². The van der Waals surface area contributed by atoms with Crippen LogP contribution in [-0.4, -0.2) is 33.0 Å². The summed E-state index contributed by atoms with van der Waals surface area (Å²) >= 11 is 0. The van der Waals surface area contributed by atoms with Gasteiger partial charge in [-0.05, 0) is 24.7 Å². The van der Waals surface area contributed by atoms with Crippen LogP contribution in [0.1, 0.15) is 39.5 Å². The molecule has 1 aliphatic heterocycles. The lowest BCUT2D eigenvalue weighted by molar-refractivity contribution is 0.145. The summed E-state index contributed by atoms with van der Waals surface area (Å²) < 4.78 is 23.2. The second kappa shape index (κ2) is 5.30. The molecule has 0 spiro atoms. The molecule has 1 saturated heterocycles. The zero-order chi connectivity index (χ0) is 11.4. The predicted molar refractivity (Wildman–Crippen MR) is 63.8 cm³/mol. The van der Waals surface area contributed by atoms with E-state index in [1.165, 1.54) is 0 Å². The summed E-state index contributed by atoms with van der Waals surface area (Å²) in [5.41, 5.74) is 0.287. The van der Waals surface area contributed by atoms with Gasteiger partial charge in [0.15, 0.2) is 0 Å². The normalized spacial score (nSPS) is 19.9. The van der Waals surface area contributed by atoms with E-state index in [1.54, 1.807) is 0 Å². The van der Waals surface area contributed by atoms with Crippen LogP contribution in [0.2, 0.25) is 0 Å². The Bertz CT molecular complexity index is 281. The van der Waals surface area contributed by atoms with Crippen molar-refractivity contribution in [1.82, 2.24) is 5.32 Å². The molecule has 15 heavy (non-hydrogen) atoms. The van der Waals surface area contributed by atoms with Crippen LogP contribution in [0.15, 0.2) is 0 Å². The van der Waals surface area contributed by atoms with Crippen molar-refractivity contribution in [2.45, 2.75) is 39.5 Å². The van der Waals surface area contributed by atoms with Crippen molar-refractivity contribution in [3.05, 3.63) is 0 Å². The van der Waals surface area contributed by atoms with Crippen molar-refractivity contribution in [1.29, 1.82) is 0 Å². The molecule has 0 aromatic rings. The lowest BCUT2D eigenvalue weighted by Gasteiger charge is -2.43. The fourth-order valence-corrected chi connectivity index (χ4v) is 3.84. The first kappa shape index (κ1) is 13.0. The van der Waals surface area contributed by atoms with Crippen LogP contribution in [-0.2, 0) is 9.84 Å². The second-order valence-electron chi connectivity index (χ2n) is 4.76. The molecule has 1 heterocycles. The number of sulfone groups is 1. The van der Waals surface area contributed by atoms with Crippen molar-refractivity contribution in [2.75, 3.05) is 24.6 Å². The van der Waals surface area contributed by atoms with Crippen LogP contribution in [0.4, 0.5) is 0 Å². The highest BCUT2D eigenvalue weighted by Gasteiger charge is 2.36. The molecule has 3 nitrogen and oxygen atoms in total. The molecule has 0 aliphatic carbocycles. The standard InChI is InChI=1S/C11H23NO2S/c1-3-5-11(9-12-10-11)6-8-15(13,14)7-4-2/h12H,3-10H2,1-2H3.